The van der Waals surface area contributed by atoms with Gasteiger partial charge in [0.2, 0.25) is 0 Å². The van der Waals surface area contributed by atoms with Gasteiger partial charge in [0.05, 0.1) is 6.54 Å². The van der Waals surface area contributed by atoms with Crippen LogP contribution in [0.2, 0.25) is 0 Å². The van der Waals surface area contributed by atoms with Crippen molar-refractivity contribution in [3.05, 3.63) is 23.7 Å². The number of piperidine rings is 1. The van der Waals surface area contributed by atoms with E-state index in [1.54, 1.807) is 0 Å². The van der Waals surface area contributed by atoms with Crippen molar-refractivity contribution in [2.75, 3.05) is 32.7 Å². The molecule has 1 aromatic rings. The van der Waals surface area contributed by atoms with Gasteiger partial charge in [-0.2, -0.15) is 0 Å². The first-order chi connectivity index (χ1) is 10.3. The quantitative estimate of drug-likeness (QED) is 0.844. The molecule has 0 amide bonds. The van der Waals surface area contributed by atoms with Crippen molar-refractivity contribution >= 4 is 0 Å². The summed E-state index contributed by atoms with van der Waals surface area (Å²) in [5.74, 6) is 2.15. The molecular formula is C19H32N2O. The lowest BCUT2D eigenvalue weighted by molar-refractivity contribution is 0.0667. The summed E-state index contributed by atoms with van der Waals surface area (Å²) in [6.07, 6.45) is 4.12. The largest absolute Gasteiger partial charge is 0.465 e. The molecule has 0 saturated carbocycles. The summed E-state index contributed by atoms with van der Waals surface area (Å²) in [6, 6.07) is 4.21. The standard InChI is InChI=1S/C19H32N2O/c1-16-6-7-17(22-16)12-20-11-9-19(14-20)8-5-10-21(15-19)13-18(2,3)4/h6-7H,5,8-15H2,1-4H3/t19-/m0/s1. The van der Waals surface area contributed by atoms with Gasteiger partial charge in [-0.15, -0.1) is 0 Å². The molecule has 22 heavy (non-hydrogen) atoms. The lowest BCUT2D eigenvalue weighted by Gasteiger charge is -2.42. The SMILES string of the molecule is Cc1ccc(CN2CC[C@@]3(CCCN(CC(C)(C)C)C3)C2)o1. The summed E-state index contributed by atoms with van der Waals surface area (Å²) in [5, 5.41) is 0. The maximum absolute atomic E-state index is 5.76. The Balaban J connectivity index is 1.58. The first-order valence-electron chi connectivity index (χ1n) is 8.84. The number of rotatable bonds is 3. The van der Waals surface area contributed by atoms with E-state index in [4.69, 9.17) is 4.42 Å². The second-order valence-corrected chi connectivity index (χ2v) is 8.85. The number of likely N-dealkylation sites (tertiary alicyclic amines) is 2. The molecule has 0 aromatic carbocycles. The maximum atomic E-state index is 5.76. The third-order valence-electron chi connectivity index (χ3n) is 5.13. The van der Waals surface area contributed by atoms with Crippen LogP contribution in [0.1, 0.15) is 51.6 Å². The Morgan fingerprint density at radius 2 is 1.86 bits per heavy atom. The van der Waals surface area contributed by atoms with Crippen LogP contribution in [-0.2, 0) is 6.54 Å². The zero-order valence-corrected chi connectivity index (χ0v) is 14.8. The normalized spacial score (nSPS) is 27.8. The number of furan rings is 1. The Kier molecular flexibility index (Phi) is 4.39. The molecule has 2 fully saturated rings. The number of aryl methyl sites for hydroxylation is 1. The van der Waals surface area contributed by atoms with Gasteiger partial charge >= 0.3 is 0 Å². The van der Waals surface area contributed by atoms with Crippen LogP contribution in [-0.4, -0.2) is 42.5 Å². The molecule has 2 aliphatic rings. The van der Waals surface area contributed by atoms with Crippen LogP contribution in [0.4, 0.5) is 0 Å². The van der Waals surface area contributed by atoms with Crippen molar-refractivity contribution < 1.29 is 4.42 Å². The first-order valence-corrected chi connectivity index (χ1v) is 8.84. The van der Waals surface area contributed by atoms with Gasteiger partial charge in [0.25, 0.3) is 0 Å². The second-order valence-electron chi connectivity index (χ2n) is 8.85. The molecule has 1 atom stereocenters. The van der Waals surface area contributed by atoms with E-state index in [-0.39, 0.29) is 0 Å². The summed E-state index contributed by atoms with van der Waals surface area (Å²) in [5.41, 5.74) is 0.938. The van der Waals surface area contributed by atoms with Crippen LogP contribution >= 0.6 is 0 Å². The average Bonchev–Trinajstić information content (AvgIpc) is 2.96. The molecule has 3 heterocycles. The van der Waals surface area contributed by atoms with Crippen LogP contribution in [0, 0.1) is 17.8 Å². The number of hydrogen-bond donors (Lipinski definition) is 0. The summed E-state index contributed by atoms with van der Waals surface area (Å²) >= 11 is 0. The lowest BCUT2D eigenvalue weighted by atomic mass is 9.78. The second kappa shape index (κ2) is 6.01. The van der Waals surface area contributed by atoms with Gasteiger partial charge in [0.15, 0.2) is 0 Å². The molecule has 0 unspecified atom stereocenters. The Morgan fingerprint density at radius 1 is 1.09 bits per heavy atom. The highest BCUT2D eigenvalue weighted by Gasteiger charge is 2.41. The summed E-state index contributed by atoms with van der Waals surface area (Å²) < 4.78 is 5.76. The van der Waals surface area contributed by atoms with Gasteiger partial charge in [0.1, 0.15) is 11.5 Å². The van der Waals surface area contributed by atoms with E-state index in [9.17, 15) is 0 Å². The van der Waals surface area contributed by atoms with Crippen LogP contribution in [0.5, 0.6) is 0 Å². The van der Waals surface area contributed by atoms with E-state index in [1.807, 2.05) is 6.92 Å². The van der Waals surface area contributed by atoms with E-state index in [0.717, 1.165) is 18.1 Å². The van der Waals surface area contributed by atoms with Gasteiger partial charge in [-0.1, -0.05) is 20.8 Å². The van der Waals surface area contributed by atoms with Gasteiger partial charge in [0, 0.05) is 19.6 Å². The monoisotopic (exact) mass is 304 g/mol. The molecule has 3 nitrogen and oxygen atoms in total. The minimum Gasteiger partial charge on any atom is -0.465 e. The van der Waals surface area contributed by atoms with Crippen molar-refractivity contribution in [2.45, 2.75) is 53.5 Å². The molecule has 1 spiro atoms. The van der Waals surface area contributed by atoms with E-state index < -0.39 is 0 Å². The molecule has 0 aliphatic carbocycles. The summed E-state index contributed by atoms with van der Waals surface area (Å²) in [6.45, 7) is 16.4. The summed E-state index contributed by atoms with van der Waals surface area (Å²) in [7, 11) is 0. The highest BCUT2D eigenvalue weighted by Crippen LogP contribution is 2.40. The molecule has 2 saturated heterocycles. The van der Waals surface area contributed by atoms with Gasteiger partial charge in [-0.05, 0) is 62.2 Å². The third kappa shape index (κ3) is 3.94. The maximum Gasteiger partial charge on any atom is 0.118 e. The van der Waals surface area contributed by atoms with Crippen molar-refractivity contribution in [1.29, 1.82) is 0 Å². The minimum atomic E-state index is 0.405. The number of hydrogen-bond acceptors (Lipinski definition) is 3. The van der Waals surface area contributed by atoms with Crippen molar-refractivity contribution in [1.82, 2.24) is 9.80 Å². The first kappa shape index (κ1) is 16.1. The minimum absolute atomic E-state index is 0.405. The smallest absolute Gasteiger partial charge is 0.118 e. The van der Waals surface area contributed by atoms with Crippen LogP contribution in [0.3, 0.4) is 0 Å². The molecular weight excluding hydrogens is 272 g/mol. The highest BCUT2D eigenvalue weighted by atomic mass is 16.3. The Labute approximate surface area is 135 Å². The van der Waals surface area contributed by atoms with Crippen molar-refractivity contribution in [3.8, 4) is 0 Å². The van der Waals surface area contributed by atoms with E-state index in [0.29, 0.717) is 10.8 Å². The molecule has 0 radical (unpaired) electrons. The van der Waals surface area contributed by atoms with E-state index in [1.165, 1.54) is 52.0 Å². The van der Waals surface area contributed by atoms with Crippen molar-refractivity contribution in [3.63, 3.8) is 0 Å². The molecule has 3 rings (SSSR count). The fourth-order valence-corrected chi connectivity index (χ4v) is 4.40. The average molecular weight is 304 g/mol. The van der Waals surface area contributed by atoms with E-state index in [2.05, 4.69) is 42.7 Å². The Hall–Kier alpha value is -0.800. The number of nitrogens with zero attached hydrogens (tertiary/aromatic N) is 2. The molecule has 0 bridgehead atoms. The third-order valence-corrected chi connectivity index (χ3v) is 5.13. The molecule has 0 N–H and O–H groups in total. The lowest BCUT2D eigenvalue weighted by Crippen LogP contribution is -2.47. The van der Waals surface area contributed by atoms with E-state index >= 15 is 0 Å². The molecule has 3 heteroatoms. The Bertz CT molecular complexity index is 502. The zero-order valence-electron chi connectivity index (χ0n) is 14.8. The zero-order chi connectivity index (χ0) is 15.8. The summed E-state index contributed by atoms with van der Waals surface area (Å²) in [4.78, 5) is 5.31. The van der Waals surface area contributed by atoms with Gasteiger partial charge in [-0.3, -0.25) is 4.90 Å². The molecule has 2 aliphatic heterocycles. The highest BCUT2D eigenvalue weighted by molar-refractivity contribution is 5.06. The topological polar surface area (TPSA) is 19.6 Å². The Morgan fingerprint density at radius 3 is 2.55 bits per heavy atom. The van der Waals surface area contributed by atoms with Crippen LogP contribution in [0.15, 0.2) is 16.5 Å². The fraction of sp³-hybridized carbons (Fsp3) is 0.789. The predicted molar refractivity (Wildman–Crippen MR) is 90.9 cm³/mol. The molecule has 1 aromatic heterocycles. The predicted octanol–water partition coefficient (Wildman–Crippen LogP) is 3.92. The van der Waals surface area contributed by atoms with Crippen molar-refractivity contribution in [2.24, 2.45) is 10.8 Å². The van der Waals surface area contributed by atoms with Gasteiger partial charge in [-0.25, -0.2) is 0 Å². The molecule has 124 valence electrons. The fourth-order valence-electron chi connectivity index (χ4n) is 4.40. The van der Waals surface area contributed by atoms with Gasteiger partial charge < -0.3 is 9.32 Å². The van der Waals surface area contributed by atoms with Crippen LogP contribution in [0.25, 0.3) is 0 Å². The van der Waals surface area contributed by atoms with Crippen LogP contribution < -0.4 is 0 Å².